The van der Waals surface area contributed by atoms with Crippen LogP contribution in [0.4, 0.5) is 5.82 Å². The summed E-state index contributed by atoms with van der Waals surface area (Å²) in [6.07, 6.45) is 5.41. The minimum Gasteiger partial charge on any atom is -0.382 e. The smallest absolute Gasteiger partial charge is 0.257 e. The van der Waals surface area contributed by atoms with Crippen LogP contribution in [-0.4, -0.2) is 29.9 Å². The highest BCUT2D eigenvalue weighted by Gasteiger charge is 2.23. The van der Waals surface area contributed by atoms with Gasteiger partial charge in [-0.2, -0.15) is 5.10 Å². The molecule has 8 heteroatoms. The third kappa shape index (κ3) is 4.06. The lowest BCUT2D eigenvalue weighted by molar-refractivity contribution is 0.0941. The standard InChI is InChI=1S/C30H25N7O/c1-20(33-30(38)27-25-13-6-7-16-36(25)34-29(27)31)26-17-23-10-8-9-22(15-14-21-18-32-35(2)19-21)28(23)37(26)24-11-4-3-5-12-24/h3-13,16-20H,1-2H3,(H2,31,34)(H,33,38). The number of rotatable bonds is 4. The zero-order valence-corrected chi connectivity index (χ0v) is 21.0. The lowest BCUT2D eigenvalue weighted by Gasteiger charge is -2.18. The van der Waals surface area contributed by atoms with Gasteiger partial charge in [0.05, 0.1) is 28.8 Å². The number of aromatic nitrogens is 5. The Balaban J connectivity index is 1.45. The number of aryl methyl sites for hydroxylation is 1. The van der Waals surface area contributed by atoms with E-state index in [4.69, 9.17) is 5.73 Å². The molecule has 6 rings (SSSR count). The number of nitrogens with two attached hydrogens (primary N) is 1. The van der Waals surface area contributed by atoms with Gasteiger partial charge in [-0.3, -0.25) is 9.48 Å². The Kier molecular flexibility index (Phi) is 5.66. The van der Waals surface area contributed by atoms with Gasteiger partial charge in [-0.1, -0.05) is 48.2 Å². The summed E-state index contributed by atoms with van der Waals surface area (Å²) in [4.78, 5) is 13.4. The SMILES string of the molecule is CC(NC(=O)c1c(N)nn2ccccc12)c1cc2cccc(C#Cc3cnn(C)c3)c2n1-c1ccccc1. The van der Waals surface area contributed by atoms with Crippen LogP contribution in [0.15, 0.2) is 91.4 Å². The van der Waals surface area contributed by atoms with Gasteiger partial charge in [0.15, 0.2) is 5.82 Å². The van der Waals surface area contributed by atoms with Crippen molar-refractivity contribution in [3.05, 3.63) is 114 Å². The number of carbonyl (C=O) groups excluding carboxylic acids is 1. The fourth-order valence-corrected chi connectivity index (χ4v) is 4.77. The molecule has 0 bridgehead atoms. The van der Waals surface area contributed by atoms with Crippen LogP contribution in [0.25, 0.3) is 22.1 Å². The van der Waals surface area contributed by atoms with Crippen molar-refractivity contribution < 1.29 is 4.79 Å². The molecule has 6 aromatic rings. The molecule has 4 heterocycles. The van der Waals surface area contributed by atoms with Gasteiger partial charge in [0.2, 0.25) is 0 Å². The van der Waals surface area contributed by atoms with E-state index in [0.29, 0.717) is 11.1 Å². The van der Waals surface area contributed by atoms with E-state index in [2.05, 4.69) is 44.1 Å². The Labute approximate surface area is 219 Å². The van der Waals surface area contributed by atoms with Crippen LogP contribution in [0.3, 0.4) is 0 Å². The molecule has 3 N–H and O–H groups in total. The van der Waals surface area contributed by atoms with Gasteiger partial charge >= 0.3 is 0 Å². The second kappa shape index (κ2) is 9.30. The van der Waals surface area contributed by atoms with Crippen LogP contribution in [0, 0.1) is 11.8 Å². The monoisotopic (exact) mass is 499 g/mol. The molecule has 0 fully saturated rings. The van der Waals surface area contributed by atoms with Crippen LogP contribution in [0.1, 0.15) is 40.1 Å². The fraction of sp³-hybridized carbons (Fsp3) is 0.100. The van der Waals surface area contributed by atoms with Crippen LogP contribution in [0.2, 0.25) is 0 Å². The molecule has 38 heavy (non-hydrogen) atoms. The highest BCUT2D eigenvalue weighted by molar-refractivity contribution is 6.05. The van der Waals surface area contributed by atoms with Gasteiger partial charge < -0.3 is 15.6 Å². The Morgan fingerprint density at radius 1 is 1.03 bits per heavy atom. The van der Waals surface area contributed by atoms with Gasteiger partial charge in [-0.05, 0) is 43.3 Å². The highest BCUT2D eigenvalue weighted by atomic mass is 16.1. The van der Waals surface area contributed by atoms with E-state index < -0.39 is 0 Å². The van der Waals surface area contributed by atoms with Crippen LogP contribution in [-0.2, 0) is 7.05 Å². The first kappa shape index (κ1) is 23.1. The van der Waals surface area contributed by atoms with Crippen molar-refractivity contribution >= 4 is 28.1 Å². The number of pyridine rings is 1. The van der Waals surface area contributed by atoms with Crippen molar-refractivity contribution in [1.29, 1.82) is 0 Å². The van der Waals surface area contributed by atoms with Gasteiger partial charge in [0, 0.05) is 41.8 Å². The summed E-state index contributed by atoms with van der Waals surface area (Å²) in [5.74, 6) is 6.47. The van der Waals surface area contributed by atoms with Crippen molar-refractivity contribution in [2.45, 2.75) is 13.0 Å². The first-order valence-electron chi connectivity index (χ1n) is 12.2. The summed E-state index contributed by atoms with van der Waals surface area (Å²) in [6.45, 7) is 1.97. The second-order valence-corrected chi connectivity index (χ2v) is 9.12. The van der Waals surface area contributed by atoms with E-state index in [9.17, 15) is 4.79 Å². The van der Waals surface area contributed by atoms with Crippen molar-refractivity contribution in [2.75, 3.05) is 5.73 Å². The summed E-state index contributed by atoms with van der Waals surface area (Å²) in [5, 5.41) is 12.7. The number of amides is 1. The average molecular weight is 500 g/mol. The molecule has 2 aromatic carbocycles. The molecule has 0 saturated carbocycles. The van der Waals surface area contributed by atoms with E-state index in [1.54, 1.807) is 21.6 Å². The van der Waals surface area contributed by atoms with Gasteiger partial charge in [0.1, 0.15) is 5.56 Å². The maximum Gasteiger partial charge on any atom is 0.257 e. The molecule has 0 saturated heterocycles. The summed E-state index contributed by atoms with van der Waals surface area (Å²) in [7, 11) is 1.87. The third-order valence-corrected chi connectivity index (χ3v) is 6.50. The maximum absolute atomic E-state index is 13.4. The number of benzene rings is 2. The number of nitrogens with one attached hydrogen (secondary N) is 1. The summed E-state index contributed by atoms with van der Waals surface area (Å²) >= 11 is 0. The molecule has 0 radical (unpaired) electrons. The average Bonchev–Trinajstić information content (AvgIpc) is 3.62. The number of hydrogen-bond acceptors (Lipinski definition) is 4. The molecule has 0 aliphatic rings. The quantitative estimate of drug-likeness (QED) is 0.350. The van der Waals surface area contributed by atoms with E-state index in [-0.39, 0.29) is 17.8 Å². The van der Waals surface area contributed by atoms with E-state index >= 15 is 0 Å². The van der Waals surface area contributed by atoms with Crippen LogP contribution >= 0.6 is 0 Å². The molecule has 4 aromatic heterocycles. The van der Waals surface area contributed by atoms with Gasteiger partial charge in [-0.25, -0.2) is 4.52 Å². The number of anilines is 1. The molecule has 0 aliphatic heterocycles. The van der Waals surface area contributed by atoms with Crippen molar-refractivity contribution in [3.63, 3.8) is 0 Å². The van der Waals surface area contributed by atoms with Crippen molar-refractivity contribution in [3.8, 4) is 17.5 Å². The molecule has 0 spiro atoms. The Hall–Kier alpha value is -5.29. The molecular weight excluding hydrogens is 474 g/mol. The lowest BCUT2D eigenvalue weighted by atomic mass is 10.1. The number of hydrogen-bond donors (Lipinski definition) is 2. The molecule has 1 atom stereocenters. The second-order valence-electron chi connectivity index (χ2n) is 9.12. The molecule has 1 unspecified atom stereocenters. The topological polar surface area (TPSA) is 95.2 Å². The van der Waals surface area contributed by atoms with Crippen molar-refractivity contribution in [1.82, 2.24) is 29.3 Å². The summed E-state index contributed by atoms with van der Waals surface area (Å²) < 4.78 is 5.51. The number of para-hydroxylation sites is 2. The minimum atomic E-state index is -0.340. The van der Waals surface area contributed by atoms with Crippen LogP contribution < -0.4 is 11.1 Å². The van der Waals surface area contributed by atoms with E-state index in [0.717, 1.165) is 33.4 Å². The number of nitrogen functional groups attached to an aromatic ring is 1. The molecule has 8 nitrogen and oxygen atoms in total. The minimum absolute atomic E-state index is 0.192. The molecule has 186 valence electrons. The summed E-state index contributed by atoms with van der Waals surface area (Å²) in [5.41, 5.74) is 11.8. The molecule has 0 aliphatic carbocycles. The Morgan fingerprint density at radius 3 is 2.63 bits per heavy atom. The number of carbonyl (C=O) groups is 1. The Bertz CT molecular complexity index is 1860. The fourth-order valence-electron chi connectivity index (χ4n) is 4.77. The molecular formula is C30H25N7O. The van der Waals surface area contributed by atoms with E-state index in [1.165, 1.54) is 0 Å². The summed E-state index contributed by atoms with van der Waals surface area (Å²) in [6, 6.07) is 23.4. The highest BCUT2D eigenvalue weighted by Crippen LogP contribution is 2.31. The Morgan fingerprint density at radius 2 is 1.84 bits per heavy atom. The molecule has 1 amide bonds. The van der Waals surface area contributed by atoms with Gasteiger partial charge in [0.25, 0.3) is 5.91 Å². The zero-order chi connectivity index (χ0) is 26.2. The number of fused-ring (bicyclic) bond motifs is 2. The predicted molar refractivity (Wildman–Crippen MR) is 148 cm³/mol. The lowest BCUT2D eigenvalue weighted by Crippen LogP contribution is -2.28. The predicted octanol–water partition coefficient (Wildman–Crippen LogP) is 4.48. The van der Waals surface area contributed by atoms with Crippen molar-refractivity contribution in [2.24, 2.45) is 7.05 Å². The third-order valence-electron chi connectivity index (χ3n) is 6.50. The maximum atomic E-state index is 13.4. The van der Waals surface area contributed by atoms with E-state index in [1.807, 2.05) is 80.8 Å². The van der Waals surface area contributed by atoms with Gasteiger partial charge in [-0.15, -0.1) is 5.10 Å². The zero-order valence-electron chi connectivity index (χ0n) is 21.0. The largest absolute Gasteiger partial charge is 0.382 e. The normalized spacial score (nSPS) is 11.8. The first-order chi connectivity index (χ1) is 18.5. The number of nitrogens with zero attached hydrogens (tertiary/aromatic N) is 5. The van der Waals surface area contributed by atoms with Crippen LogP contribution in [0.5, 0.6) is 0 Å². The first-order valence-corrected chi connectivity index (χ1v) is 12.2.